The Kier molecular flexibility index (Phi) is 5.42. The first-order valence-electron chi connectivity index (χ1n) is 4.91. The summed E-state index contributed by atoms with van der Waals surface area (Å²) in [5.41, 5.74) is -0.858. The van der Waals surface area contributed by atoms with Crippen LogP contribution in [0.1, 0.15) is 20.3 Å². The summed E-state index contributed by atoms with van der Waals surface area (Å²) in [6.07, 6.45) is 3.15. The minimum atomic E-state index is -0.892. The van der Waals surface area contributed by atoms with Crippen molar-refractivity contribution in [2.45, 2.75) is 20.3 Å². The molecule has 1 N–H and O–H groups in total. The number of hydrogen-bond donors (Lipinski definition) is 1. The first-order chi connectivity index (χ1) is 7.31. The van der Waals surface area contributed by atoms with Crippen molar-refractivity contribution in [1.82, 2.24) is 4.90 Å². The van der Waals surface area contributed by atoms with Crippen LogP contribution in [0.3, 0.4) is 0 Å². The average molecular weight is 227 g/mol. The van der Waals surface area contributed by atoms with Gasteiger partial charge in [0.1, 0.15) is 6.29 Å². The molecule has 0 aliphatic carbocycles. The summed E-state index contributed by atoms with van der Waals surface area (Å²) in [5.74, 6) is -1.20. The van der Waals surface area contributed by atoms with E-state index in [0.717, 1.165) is 12.2 Å². The third-order valence-corrected chi connectivity index (χ3v) is 2.34. The molecule has 1 amide bonds. The van der Waals surface area contributed by atoms with Crippen LogP contribution in [-0.2, 0) is 14.4 Å². The maximum Gasteiger partial charge on any atom is 0.309 e. The molecule has 0 aliphatic rings. The summed E-state index contributed by atoms with van der Waals surface area (Å²) in [6, 6.07) is 0. The van der Waals surface area contributed by atoms with Crippen LogP contribution in [-0.4, -0.2) is 41.8 Å². The fourth-order valence-corrected chi connectivity index (χ4v) is 0.913. The Hall–Kier alpha value is -1.65. The van der Waals surface area contributed by atoms with Gasteiger partial charge in [0.15, 0.2) is 0 Å². The van der Waals surface area contributed by atoms with Crippen molar-refractivity contribution in [2.24, 2.45) is 5.41 Å². The first kappa shape index (κ1) is 14.3. The SMILES string of the molecule is CN(CCC(C)(C)C(=O)O)C(=O)/C=C\C=O. The molecule has 0 aromatic rings. The number of aldehydes is 1. The molecule has 16 heavy (non-hydrogen) atoms. The highest BCUT2D eigenvalue weighted by molar-refractivity contribution is 5.90. The molecule has 0 heterocycles. The number of amides is 1. The monoisotopic (exact) mass is 227 g/mol. The zero-order chi connectivity index (χ0) is 12.8. The lowest BCUT2D eigenvalue weighted by molar-refractivity contribution is -0.147. The highest BCUT2D eigenvalue weighted by Crippen LogP contribution is 2.20. The molecule has 0 saturated carbocycles. The van der Waals surface area contributed by atoms with E-state index in [0.29, 0.717) is 19.3 Å². The lowest BCUT2D eigenvalue weighted by atomic mass is 9.89. The standard InChI is InChI=1S/C11H17NO4/c1-11(2,10(15)16)6-7-12(3)9(14)5-4-8-13/h4-5,8H,6-7H2,1-3H3,(H,15,16)/b5-4-. The van der Waals surface area contributed by atoms with Crippen LogP contribution in [0.5, 0.6) is 0 Å². The number of aliphatic carboxylic acids is 1. The lowest BCUT2D eigenvalue weighted by Gasteiger charge is -2.22. The van der Waals surface area contributed by atoms with Crippen molar-refractivity contribution in [1.29, 1.82) is 0 Å². The number of likely N-dealkylation sites (N-methyl/N-ethyl adjacent to an activating group) is 1. The van der Waals surface area contributed by atoms with Crippen LogP contribution in [0.15, 0.2) is 12.2 Å². The minimum absolute atomic E-state index is 0.312. The summed E-state index contributed by atoms with van der Waals surface area (Å²) in [5, 5.41) is 8.87. The van der Waals surface area contributed by atoms with Crippen molar-refractivity contribution in [3.8, 4) is 0 Å². The Balaban J connectivity index is 4.21. The summed E-state index contributed by atoms with van der Waals surface area (Å²) in [6.45, 7) is 3.55. The highest BCUT2D eigenvalue weighted by atomic mass is 16.4. The third kappa shape index (κ3) is 4.72. The molecular formula is C11H17NO4. The maximum atomic E-state index is 11.3. The number of nitrogens with zero attached hydrogens (tertiary/aromatic N) is 1. The van der Waals surface area contributed by atoms with Gasteiger partial charge in [-0.2, -0.15) is 0 Å². The zero-order valence-corrected chi connectivity index (χ0v) is 9.77. The number of carbonyl (C=O) groups is 3. The van der Waals surface area contributed by atoms with Crippen LogP contribution in [0, 0.1) is 5.41 Å². The first-order valence-corrected chi connectivity index (χ1v) is 4.91. The Labute approximate surface area is 94.7 Å². The van der Waals surface area contributed by atoms with Crippen LogP contribution in [0.2, 0.25) is 0 Å². The van der Waals surface area contributed by atoms with Gasteiger partial charge in [0.2, 0.25) is 5.91 Å². The summed E-state index contributed by atoms with van der Waals surface area (Å²) in [7, 11) is 1.56. The van der Waals surface area contributed by atoms with Crippen molar-refractivity contribution in [3.05, 3.63) is 12.2 Å². The number of hydrogen-bond acceptors (Lipinski definition) is 3. The molecule has 5 nitrogen and oxygen atoms in total. The van der Waals surface area contributed by atoms with Gasteiger partial charge in [-0.1, -0.05) is 0 Å². The van der Waals surface area contributed by atoms with E-state index in [-0.39, 0.29) is 5.91 Å². The van der Waals surface area contributed by atoms with Gasteiger partial charge in [0.05, 0.1) is 5.41 Å². The van der Waals surface area contributed by atoms with E-state index >= 15 is 0 Å². The molecule has 0 spiro atoms. The van der Waals surface area contributed by atoms with Gasteiger partial charge in [0.25, 0.3) is 0 Å². The Morgan fingerprint density at radius 2 is 1.94 bits per heavy atom. The van der Waals surface area contributed by atoms with E-state index in [4.69, 9.17) is 5.11 Å². The van der Waals surface area contributed by atoms with E-state index < -0.39 is 11.4 Å². The predicted octanol–water partition coefficient (Wildman–Crippen LogP) is 0.701. The summed E-state index contributed by atoms with van der Waals surface area (Å²) in [4.78, 5) is 33.5. The van der Waals surface area contributed by atoms with Crippen molar-refractivity contribution in [2.75, 3.05) is 13.6 Å². The molecule has 0 aliphatic heterocycles. The molecule has 90 valence electrons. The second-order valence-electron chi connectivity index (χ2n) is 4.19. The smallest absolute Gasteiger partial charge is 0.309 e. The molecule has 0 atom stereocenters. The van der Waals surface area contributed by atoms with Crippen LogP contribution >= 0.6 is 0 Å². The molecular weight excluding hydrogens is 210 g/mol. The maximum absolute atomic E-state index is 11.3. The normalized spacial score (nSPS) is 11.4. The molecule has 0 radical (unpaired) electrons. The van der Waals surface area contributed by atoms with E-state index in [1.54, 1.807) is 20.9 Å². The Bertz CT molecular complexity index is 307. The lowest BCUT2D eigenvalue weighted by Crippen LogP contribution is -2.32. The molecule has 0 saturated heterocycles. The number of rotatable bonds is 6. The van der Waals surface area contributed by atoms with Gasteiger partial charge in [-0.05, 0) is 26.3 Å². The van der Waals surface area contributed by atoms with Gasteiger partial charge in [-0.25, -0.2) is 0 Å². The molecule has 0 rings (SSSR count). The van der Waals surface area contributed by atoms with E-state index in [1.165, 1.54) is 4.90 Å². The van der Waals surface area contributed by atoms with E-state index in [1.807, 2.05) is 0 Å². The van der Waals surface area contributed by atoms with Crippen LogP contribution in [0.25, 0.3) is 0 Å². The quantitative estimate of drug-likeness (QED) is 0.535. The van der Waals surface area contributed by atoms with Gasteiger partial charge >= 0.3 is 5.97 Å². The predicted molar refractivity (Wildman–Crippen MR) is 58.9 cm³/mol. The van der Waals surface area contributed by atoms with Gasteiger partial charge in [0, 0.05) is 19.7 Å². The Morgan fingerprint density at radius 1 is 1.38 bits per heavy atom. The molecule has 0 aromatic carbocycles. The Morgan fingerprint density at radius 3 is 2.38 bits per heavy atom. The van der Waals surface area contributed by atoms with Gasteiger partial charge < -0.3 is 10.0 Å². The number of carboxylic acids is 1. The second-order valence-corrected chi connectivity index (χ2v) is 4.19. The van der Waals surface area contributed by atoms with Crippen molar-refractivity contribution < 1.29 is 19.5 Å². The molecule has 0 bridgehead atoms. The average Bonchev–Trinajstić information content (AvgIpc) is 2.22. The van der Waals surface area contributed by atoms with Crippen molar-refractivity contribution in [3.63, 3.8) is 0 Å². The number of allylic oxidation sites excluding steroid dienone is 1. The second kappa shape index (κ2) is 6.05. The highest BCUT2D eigenvalue weighted by Gasteiger charge is 2.27. The number of carboxylic acid groups (broad SMARTS) is 1. The fraction of sp³-hybridized carbons (Fsp3) is 0.545. The zero-order valence-electron chi connectivity index (χ0n) is 9.77. The molecule has 0 aromatic heterocycles. The van der Waals surface area contributed by atoms with Crippen molar-refractivity contribution >= 4 is 18.2 Å². The fourth-order valence-electron chi connectivity index (χ4n) is 0.913. The molecule has 0 unspecified atom stereocenters. The molecule has 5 heteroatoms. The van der Waals surface area contributed by atoms with Crippen LogP contribution in [0.4, 0.5) is 0 Å². The minimum Gasteiger partial charge on any atom is -0.481 e. The van der Waals surface area contributed by atoms with Crippen LogP contribution < -0.4 is 0 Å². The summed E-state index contributed by atoms with van der Waals surface area (Å²) < 4.78 is 0. The third-order valence-electron chi connectivity index (χ3n) is 2.34. The van der Waals surface area contributed by atoms with E-state index in [2.05, 4.69) is 0 Å². The topological polar surface area (TPSA) is 74.7 Å². The largest absolute Gasteiger partial charge is 0.481 e. The van der Waals surface area contributed by atoms with E-state index in [9.17, 15) is 14.4 Å². The summed E-state index contributed by atoms with van der Waals surface area (Å²) >= 11 is 0. The van der Waals surface area contributed by atoms with Gasteiger partial charge in [-0.3, -0.25) is 14.4 Å². The van der Waals surface area contributed by atoms with Gasteiger partial charge in [-0.15, -0.1) is 0 Å². The molecule has 0 fully saturated rings. The number of carbonyl (C=O) groups excluding carboxylic acids is 2.